The summed E-state index contributed by atoms with van der Waals surface area (Å²) in [6.07, 6.45) is 10.3. The van der Waals surface area contributed by atoms with E-state index in [1.165, 1.54) is 17.5 Å². The maximum absolute atomic E-state index is 2.35. The lowest BCUT2D eigenvalue weighted by molar-refractivity contribution is 0.466. The summed E-state index contributed by atoms with van der Waals surface area (Å²) in [4.78, 5) is 0. The first kappa shape index (κ1) is 8.05. The number of rotatable bonds is 0. The smallest absolute Gasteiger partial charge is 0.0175 e. The molecule has 1 aromatic rings. The van der Waals surface area contributed by atoms with Crippen molar-refractivity contribution >= 4 is 0 Å². The van der Waals surface area contributed by atoms with Crippen molar-refractivity contribution in [1.29, 1.82) is 0 Å². The van der Waals surface area contributed by atoms with Crippen LogP contribution in [0, 0.1) is 5.92 Å². The summed E-state index contributed by atoms with van der Waals surface area (Å²) in [6.45, 7) is 2.35. The maximum Gasteiger partial charge on any atom is 0.0175 e. The van der Waals surface area contributed by atoms with Gasteiger partial charge in [-0.05, 0) is 23.5 Å². The van der Waals surface area contributed by atoms with E-state index in [-0.39, 0.29) is 5.41 Å². The Balaban J connectivity index is 2.21. The van der Waals surface area contributed by atoms with Gasteiger partial charge in [0.1, 0.15) is 0 Å². The van der Waals surface area contributed by atoms with Crippen molar-refractivity contribution in [3.63, 3.8) is 0 Å². The highest BCUT2D eigenvalue weighted by Gasteiger charge is 2.40. The Bertz CT molecular complexity index is 425. The summed E-state index contributed by atoms with van der Waals surface area (Å²) in [7, 11) is 0. The highest BCUT2D eigenvalue weighted by atomic mass is 14.4. The summed E-state index contributed by atoms with van der Waals surface area (Å²) in [5.41, 5.74) is 3.30. The summed E-state index contributed by atoms with van der Waals surface area (Å²) in [6, 6.07) is 8.84. The second kappa shape index (κ2) is 2.60. The Hall–Kier alpha value is -1.30. The quantitative estimate of drug-likeness (QED) is 0.578. The Kier molecular flexibility index (Phi) is 1.49. The van der Waals surface area contributed by atoms with Crippen molar-refractivity contribution in [2.75, 3.05) is 0 Å². The molecule has 0 nitrogen and oxygen atoms in total. The minimum Gasteiger partial charge on any atom is -0.0799 e. The molecular weight excluding hydrogens is 168 g/mol. The van der Waals surface area contributed by atoms with Gasteiger partial charge in [0.05, 0.1) is 0 Å². The maximum atomic E-state index is 2.35. The van der Waals surface area contributed by atoms with Crippen LogP contribution in [0.1, 0.15) is 18.1 Å². The lowest BCUT2D eigenvalue weighted by Gasteiger charge is -2.29. The van der Waals surface area contributed by atoms with E-state index in [0.29, 0.717) is 5.92 Å². The molecule has 3 rings (SSSR count). The van der Waals surface area contributed by atoms with Crippen LogP contribution in [-0.4, -0.2) is 0 Å². The van der Waals surface area contributed by atoms with Gasteiger partial charge in [0.25, 0.3) is 0 Å². The van der Waals surface area contributed by atoms with Crippen molar-refractivity contribution in [3.05, 3.63) is 59.7 Å². The first-order valence-corrected chi connectivity index (χ1v) is 5.25. The number of hydrogen-bond acceptors (Lipinski definition) is 0. The van der Waals surface area contributed by atoms with Crippen LogP contribution < -0.4 is 0 Å². The lowest BCUT2D eigenvalue weighted by atomic mass is 9.74. The van der Waals surface area contributed by atoms with Crippen LogP contribution in [-0.2, 0) is 11.8 Å². The van der Waals surface area contributed by atoms with Gasteiger partial charge in [0.2, 0.25) is 0 Å². The topological polar surface area (TPSA) is 0 Å². The third-order valence-corrected chi connectivity index (χ3v) is 3.70. The average molecular weight is 182 g/mol. The van der Waals surface area contributed by atoms with Gasteiger partial charge in [-0.1, -0.05) is 55.5 Å². The zero-order chi connectivity index (χ0) is 9.60. The van der Waals surface area contributed by atoms with Crippen molar-refractivity contribution in [3.8, 4) is 0 Å². The van der Waals surface area contributed by atoms with E-state index in [9.17, 15) is 0 Å². The summed E-state index contributed by atoms with van der Waals surface area (Å²) in [5, 5.41) is 0. The average Bonchev–Trinajstić information content (AvgIpc) is 2.51. The number of hydrogen-bond donors (Lipinski definition) is 0. The monoisotopic (exact) mass is 182 g/mol. The van der Waals surface area contributed by atoms with Gasteiger partial charge in [-0.15, -0.1) is 0 Å². The Morgan fingerprint density at radius 1 is 1.21 bits per heavy atom. The van der Waals surface area contributed by atoms with Crippen LogP contribution in [0.15, 0.2) is 48.6 Å². The Labute approximate surface area is 85.0 Å². The molecule has 0 bridgehead atoms. The Morgan fingerprint density at radius 3 is 3.00 bits per heavy atom. The molecule has 0 saturated heterocycles. The molecule has 0 aliphatic heterocycles. The molecule has 2 unspecified atom stereocenters. The van der Waals surface area contributed by atoms with E-state index in [4.69, 9.17) is 0 Å². The molecular formula is C14H14. The fourth-order valence-electron chi connectivity index (χ4n) is 2.81. The molecule has 1 aromatic carbocycles. The van der Waals surface area contributed by atoms with Gasteiger partial charge in [-0.3, -0.25) is 0 Å². The summed E-state index contributed by atoms with van der Waals surface area (Å²) >= 11 is 0. The molecule has 0 saturated carbocycles. The molecule has 0 radical (unpaired) electrons. The fourth-order valence-corrected chi connectivity index (χ4v) is 2.81. The molecule has 14 heavy (non-hydrogen) atoms. The molecule has 0 heteroatoms. The second-order valence-electron chi connectivity index (χ2n) is 4.49. The van der Waals surface area contributed by atoms with Crippen LogP contribution in [0.5, 0.6) is 0 Å². The van der Waals surface area contributed by atoms with Crippen LogP contribution in [0.4, 0.5) is 0 Å². The molecule has 0 N–H and O–H groups in total. The molecule has 2 aliphatic rings. The minimum atomic E-state index is 0.255. The molecule has 0 aromatic heterocycles. The molecule has 0 amide bonds. The fraction of sp³-hybridized carbons (Fsp3) is 0.286. The van der Waals surface area contributed by atoms with Crippen LogP contribution in [0.2, 0.25) is 0 Å². The number of fused-ring (bicyclic) bond motifs is 3. The van der Waals surface area contributed by atoms with Crippen molar-refractivity contribution in [2.45, 2.75) is 18.8 Å². The van der Waals surface area contributed by atoms with Gasteiger partial charge >= 0.3 is 0 Å². The zero-order valence-corrected chi connectivity index (χ0v) is 8.40. The predicted molar refractivity (Wildman–Crippen MR) is 59.3 cm³/mol. The van der Waals surface area contributed by atoms with E-state index in [1.807, 2.05) is 0 Å². The molecule has 2 atom stereocenters. The molecule has 0 heterocycles. The lowest BCUT2D eigenvalue weighted by Crippen LogP contribution is -2.25. The molecule has 70 valence electrons. The molecule has 0 spiro atoms. The predicted octanol–water partition coefficient (Wildman–Crippen LogP) is 3.24. The Morgan fingerprint density at radius 2 is 2.07 bits per heavy atom. The minimum absolute atomic E-state index is 0.255. The molecule has 0 fully saturated rings. The van der Waals surface area contributed by atoms with Crippen molar-refractivity contribution in [2.24, 2.45) is 5.92 Å². The van der Waals surface area contributed by atoms with Crippen LogP contribution in [0.25, 0.3) is 0 Å². The van der Waals surface area contributed by atoms with Gasteiger partial charge < -0.3 is 0 Å². The van der Waals surface area contributed by atoms with E-state index in [1.54, 1.807) is 0 Å². The zero-order valence-electron chi connectivity index (χ0n) is 8.40. The van der Waals surface area contributed by atoms with Crippen molar-refractivity contribution in [1.82, 2.24) is 0 Å². The van der Waals surface area contributed by atoms with E-state index in [0.717, 1.165) is 0 Å². The summed E-state index contributed by atoms with van der Waals surface area (Å²) in [5.74, 6) is 0.671. The summed E-state index contributed by atoms with van der Waals surface area (Å²) < 4.78 is 0. The van der Waals surface area contributed by atoms with E-state index < -0.39 is 0 Å². The first-order valence-electron chi connectivity index (χ1n) is 5.25. The highest BCUT2D eigenvalue weighted by molar-refractivity contribution is 5.47. The van der Waals surface area contributed by atoms with Crippen LogP contribution >= 0.6 is 0 Å². The second-order valence-corrected chi connectivity index (χ2v) is 4.49. The largest absolute Gasteiger partial charge is 0.0799 e. The van der Waals surface area contributed by atoms with Gasteiger partial charge in [0.15, 0.2) is 0 Å². The highest BCUT2D eigenvalue weighted by Crippen LogP contribution is 2.46. The van der Waals surface area contributed by atoms with E-state index in [2.05, 4.69) is 55.5 Å². The van der Waals surface area contributed by atoms with Gasteiger partial charge in [-0.25, -0.2) is 0 Å². The van der Waals surface area contributed by atoms with Crippen LogP contribution in [0.3, 0.4) is 0 Å². The normalized spacial score (nSPS) is 32.8. The number of allylic oxidation sites excluding steroid dienone is 4. The van der Waals surface area contributed by atoms with Crippen molar-refractivity contribution < 1.29 is 0 Å². The SMILES string of the molecule is CC12C=CC=CC1Cc1ccccc12. The van der Waals surface area contributed by atoms with Gasteiger partial charge in [-0.2, -0.15) is 0 Å². The van der Waals surface area contributed by atoms with Gasteiger partial charge in [0, 0.05) is 5.41 Å². The third-order valence-electron chi connectivity index (χ3n) is 3.70. The third kappa shape index (κ3) is 0.886. The van der Waals surface area contributed by atoms with E-state index >= 15 is 0 Å². The molecule has 2 aliphatic carbocycles. The standard InChI is InChI=1S/C14H14/c1-14-9-5-4-7-12(14)10-11-6-2-3-8-13(11)14/h2-9,12H,10H2,1H3. The first-order chi connectivity index (χ1) is 6.81. The number of benzene rings is 1.